The monoisotopic (exact) mass is 301 g/mol. The topological polar surface area (TPSA) is 26.0 Å². The van der Waals surface area contributed by atoms with Crippen LogP contribution in [-0.2, 0) is 5.75 Å². The van der Waals surface area contributed by atoms with Gasteiger partial charge in [0.1, 0.15) is 5.82 Å². The maximum atomic E-state index is 13.2. The molecule has 18 heavy (non-hydrogen) atoms. The van der Waals surface area contributed by atoms with E-state index in [0.29, 0.717) is 16.5 Å². The molecule has 0 fully saturated rings. The first-order chi connectivity index (χ1) is 8.58. The van der Waals surface area contributed by atoms with Gasteiger partial charge in [0, 0.05) is 10.6 Å². The Hall–Kier alpha value is -0.900. The average Bonchev–Trinajstić information content (AvgIpc) is 2.35. The van der Waals surface area contributed by atoms with Gasteiger partial charge in [-0.05, 0) is 29.8 Å². The number of nitrogen functional groups attached to an aromatic ring is 1. The van der Waals surface area contributed by atoms with Crippen molar-refractivity contribution in [2.24, 2.45) is 0 Å². The summed E-state index contributed by atoms with van der Waals surface area (Å²) < 4.78 is 13.2. The van der Waals surface area contributed by atoms with E-state index in [-0.39, 0.29) is 5.02 Å². The quantitative estimate of drug-likeness (QED) is 0.637. The van der Waals surface area contributed by atoms with Gasteiger partial charge < -0.3 is 5.73 Å². The van der Waals surface area contributed by atoms with E-state index in [1.165, 1.54) is 17.8 Å². The fraction of sp³-hybridized carbons (Fsp3) is 0.0769. The molecule has 0 heterocycles. The van der Waals surface area contributed by atoms with Crippen molar-refractivity contribution in [3.63, 3.8) is 0 Å². The summed E-state index contributed by atoms with van der Waals surface area (Å²) >= 11 is 13.3. The second-order valence-corrected chi connectivity index (χ2v) is 5.52. The number of anilines is 1. The second kappa shape index (κ2) is 5.83. The number of rotatable bonds is 3. The zero-order chi connectivity index (χ0) is 13.1. The van der Waals surface area contributed by atoms with Crippen LogP contribution in [0.1, 0.15) is 5.56 Å². The lowest BCUT2D eigenvalue weighted by Crippen LogP contribution is -1.88. The van der Waals surface area contributed by atoms with Crippen LogP contribution in [0.4, 0.5) is 10.1 Å². The second-order valence-electron chi connectivity index (χ2n) is 3.68. The fourth-order valence-electron chi connectivity index (χ4n) is 1.42. The lowest BCUT2D eigenvalue weighted by atomic mass is 10.2. The van der Waals surface area contributed by atoms with E-state index >= 15 is 0 Å². The Balaban J connectivity index is 2.11. The van der Waals surface area contributed by atoms with Gasteiger partial charge in [0.05, 0.1) is 15.7 Å². The highest BCUT2D eigenvalue weighted by molar-refractivity contribution is 7.98. The van der Waals surface area contributed by atoms with Crippen LogP contribution >= 0.6 is 35.0 Å². The Morgan fingerprint density at radius 2 is 1.94 bits per heavy atom. The van der Waals surface area contributed by atoms with Crippen LogP contribution in [0, 0.1) is 5.82 Å². The molecule has 0 amide bonds. The molecule has 2 N–H and O–H groups in total. The van der Waals surface area contributed by atoms with Crippen LogP contribution in [0.2, 0.25) is 10.0 Å². The summed E-state index contributed by atoms with van der Waals surface area (Å²) in [5, 5.41) is 0.692. The van der Waals surface area contributed by atoms with Gasteiger partial charge in [-0.15, -0.1) is 11.8 Å². The standard InChI is InChI=1S/C13H10Cl2FNS/c14-10-6-9(4-5-12(10)17)18-7-8-2-1-3-11(16)13(8)15/h1-6H,7,17H2. The van der Waals surface area contributed by atoms with E-state index in [1.54, 1.807) is 24.3 Å². The van der Waals surface area contributed by atoms with E-state index in [9.17, 15) is 4.39 Å². The van der Waals surface area contributed by atoms with Crippen molar-refractivity contribution in [3.05, 3.63) is 57.8 Å². The smallest absolute Gasteiger partial charge is 0.142 e. The minimum Gasteiger partial charge on any atom is -0.398 e. The van der Waals surface area contributed by atoms with Crippen LogP contribution in [0.15, 0.2) is 41.3 Å². The molecule has 0 bridgehead atoms. The zero-order valence-electron chi connectivity index (χ0n) is 9.29. The lowest BCUT2D eigenvalue weighted by Gasteiger charge is -2.06. The highest BCUT2D eigenvalue weighted by atomic mass is 35.5. The summed E-state index contributed by atoms with van der Waals surface area (Å²) in [5.41, 5.74) is 6.93. The largest absolute Gasteiger partial charge is 0.398 e. The van der Waals surface area contributed by atoms with Gasteiger partial charge >= 0.3 is 0 Å². The van der Waals surface area contributed by atoms with Crippen molar-refractivity contribution in [1.29, 1.82) is 0 Å². The van der Waals surface area contributed by atoms with Gasteiger partial charge in [-0.1, -0.05) is 35.3 Å². The molecule has 94 valence electrons. The first-order valence-electron chi connectivity index (χ1n) is 5.18. The van der Waals surface area contributed by atoms with E-state index in [0.717, 1.165) is 10.5 Å². The minimum absolute atomic E-state index is 0.173. The Labute approximate surface area is 119 Å². The van der Waals surface area contributed by atoms with Crippen molar-refractivity contribution in [1.82, 2.24) is 0 Å². The van der Waals surface area contributed by atoms with Crippen molar-refractivity contribution in [3.8, 4) is 0 Å². The third kappa shape index (κ3) is 3.10. The molecule has 0 saturated carbocycles. The number of hydrogen-bond acceptors (Lipinski definition) is 2. The van der Waals surface area contributed by atoms with E-state index < -0.39 is 5.82 Å². The van der Waals surface area contributed by atoms with Crippen molar-refractivity contribution in [2.75, 3.05) is 5.73 Å². The van der Waals surface area contributed by atoms with E-state index in [4.69, 9.17) is 28.9 Å². The Morgan fingerprint density at radius 3 is 2.67 bits per heavy atom. The van der Waals surface area contributed by atoms with Gasteiger partial charge in [0.2, 0.25) is 0 Å². The molecule has 0 atom stereocenters. The summed E-state index contributed by atoms with van der Waals surface area (Å²) in [7, 11) is 0. The average molecular weight is 302 g/mol. The summed E-state index contributed by atoms with van der Waals surface area (Å²) in [6, 6.07) is 10.2. The Bertz CT molecular complexity index is 575. The predicted molar refractivity (Wildman–Crippen MR) is 76.8 cm³/mol. The molecule has 0 unspecified atom stereocenters. The molecule has 0 spiro atoms. The molecule has 0 aliphatic heterocycles. The highest BCUT2D eigenvalue weighted by Crippen LogP contribution is 2.31. The first-order valence-corrected chi connectivity index (χ1v) is 6.93. The highest BCUT2D eigenvalue weighted by Gasteiger charge is 2.06. The lowest BCUT2D eigenvalue weighted by molar-refractivity contribution is 0.627. The molecular weight excluding hydrogens is 292 g/mol. The van der Waals surface area contributed by atoms with E-state index in [1.807, 2.05) is 6.07 Å². The number of hydrogen-bond donors (Lipinski definition) is 1. The maximum absolute atomic E-state index is 13.2. The van der Waals surface area contributed by atoms with Crippen LogP contribution in [0.5, 0.6) is 0 Å². The fourth-order valence-corrected chi connectivity index (χ4v) is 2.86. The Kier molecular flexibility index (Phi) is 4.38. The van der Waals surface area contributed by atoms with E-state index in [2.05, 4.69) is 0 Å². The van der Waals surface area contributed by atoms with Crippen LogP contribution < -0.4 is 5.73 Å². The summed E-state index contributed by atoms with van der Waals surface area (Å²) in [4.78, 5) is 0.967. The molecule has 2 aromatic rings. The van der Waals surface area contributed by atoms with Gasteiger partial charge in [0.15, 0.2) is 0 Å². The first kappa shape index (κ1) is 13.5. The van der Waals surface area contributed by atoms with Gasteiger partial charge in [0.25, 0.3) is 0 Å². The summed E-state index contributed by atoms with van der Waals surface area (Å²) in [5.74, 6) is 0.182. The van der Waals surface area contributed by atoms with Crippen LogP contribution in [-0.4, -0.2) is 0 Å². The molecule has 0 aromatic heterocycles. The molecule has 1 nitrogen and oxygen atoms in total. The molecule has 2 aromatic carbocycles. The Morgan fingerprint density at radius 1 is 1.17 bits per heavy atom. The summed E-state index contributed by atoms with van der Waals surface area (Å²) in [6.45, 7) is 0. The van der Waals surface area contributed by atoms with Gasteiger partial charge in [-0.2, -0.15) is 0 Å². The van der Waals surface area contributed by atoms with Gasteiger partial charge in [-0.3, -0.25) is 0 Å². The maximum Gasteiger partial charge on any atom is 0.142 e. The normalized spacial score (nSPS) is 10.6. The van der Waals surface area contributed by atoms with Crippen LogP contribution in [0.3, 0.4) is 0 Å². The third-order valence-corrected chi connectivity index (χ3v) is 4.19. The van der Waals surface area contributed by atoms with Crippen molar-refractivity contribution < 1.29 is 4.39 Å². The number of nitrogens with two attached hydrogens (primary N) is 1. The zero-order valence-corrected chi connectivity index (χ0v) is 11.6. The minimum atomic E-state index is -0.398. The van der Waals surface area contributed by atoms with Crippen molar-refractivity contribution >= 4 is 40.7 Å². The van der Waals surface area contributed by atoms with Crippen LogP contribution in [0.25, 0.3) is 0 Å². The molecule has 0 saturated heterocycles. The van der Waals surface area contributed by atoms with Gasteiger partial charge in [-0.25, -0.2) is 4.39 Å². The molecule has 5 heteroatoms. The molecule has 0 aliphatic rings. The molecular formula is C13H10Cl2FNS. The predicted octanol–water partition coefficient (Wildman–Crippen LogP) is 5.01. The third-order valence-electron chi connectivity index (χ3n) is 2.40. The number of halogens is 3. The number of thioether (sulfide) groups is 1. The SMILES string of the molecule is Nc1ccc(SCc2cccc(F)c2Cl)cc1Cl. The number of benzene rings is 2. The van der Waals surface area contributed by atoms with Crippen molar-refractivity contribution in [2.45, 2.75) is 10.6 Å². The summed E-state index contributed by atoms with van der Waals surface area (Å²) in [6.07, 6.45) is 0. The molecule has 0 radical (unpaired) electrons. The molecule has 0 aliphatic carbocycles. The molecule has 2 rings (SSSR count).